The Labute approximate surface area is 114 Å². The standard InChI is InChI=1S/C13H13BrFN3/c1-13(2,3)12-17-10(5-11(14)18-12)8-4-9(15)7-16-6-8/h4-7H,1-3H3. The smallest absolute Gasteiger partial charge is 0.142 e. The Morgan fingerprint density at radius 2 is 1.83 bits per heavy atom. The normalized spacial score (nSPS) is 11.6. The first-order chi connectivity index (χ1) is 8.36. The molecule has 18 heavy (non-hydrogen) atoms. The summed E-state index contributed by atoms with van der Waals surface area (Å²) in [5.74, 6) is 0.329. The highest BCUT2D eigenvalue weighted by molar-refractivity contribution is 9.10. The summed E-state index contributed by atoms with van der Waals surface area (Å²) < 4.78 is 13.9. The van der Waals surface area contributed by atoms with E-state index in [-0.39, 0.29) is 11.2 Å². The average Bonchev–Trinajstić information content (AvgIpc) is 2.27. The van der Waals surface area contributed by atoms with Crippen molar-refractivity contribution in [1.29, 1.82) is 0 Å². The zero-order chi connectivity index (χ0) is 13.3. The third-order valence-corrected chi connectivity index (χ3v) is 2.77. The minimum absolute atomic E-state index is 0.167. The van der Waals surface area contributed by atoms with Gasteiger partial charge in [-0.3, -0.25) is 4.98 Å². The van der Waals surface area contributed by atoms with Gasteiger partial charge in [0.15, 0.2) is 0 Å². The molecule has 0 saturated carbocycles. The summed E-state index contributed by atoms with van der Waals surface area (Å²) in [6.45, 7) is 6.09. The number of hydrogen-bond donors (Lipinski definition) is 0. The molecule has 0 unspecified atom stereocenters. The molecule has 3 nitrogen and oxygen atoms in total. The average molecular weight is 310 g/mol. The van der Waals surface area contributed by atoms with Crippen LogP contribution in [-0.2, 0) is 5.41 Å². The number of nitrogens with zero attached hydrogens (tertiary/aromatic N) is 3. The predicted octanol–water partition coefficient (Wildman–Crippen LogP) is 3.74. The Morgan fingerprint density at radius 1 is 1.11 bits per heavy atom. The van der Waals surface area contributed by atoms with Crippen LogP contribution < -0.4 is 0 Å². The van der Waals surface area contributed by atoms with Crippen molar-refractivity contribution < 1.29 is 4.39 Å². The van der Waals surface area contributed by atoms with Gasteiger partial charge in [-0.2, -0.15) is 0 Å². The van der Waals surface area contributed by atoms with E-state index in [2.05, 4.69) is 30.9 Å². The lowest BCUT2D eigenvalue weighted by Gasteiger charge is -2.17. The van der Waals surface area contributed by atoms with Crippen LogP contribution in [-0.4, -0.2) is 15.0 Å². The van der Waals surface area contributed by atoms with Crippen LogP contribution in [0.4, 0.5) is 4.39 Å². The minimum Gasteiger partial charge on any atom is -0.261 e. The molecule has 0 saturated heterocycles. The predicted molar refractivity (Wildman–Crippen MR) is 71.6 cm³/mol. The highest BCUT2D eigenvalue weighted by atomic mass is 79.9. The Morgan fingerprint density at radius 3 is 2.44 bits per heavy atom. The van der Waals surface area contributed by atoms with Gasteiger partial charge in [0.05, 0.1) is 11.9 Å². The molecule has 0 atom stereocenters. The van der Waals surface area contributed by atoms with E-state index in [1.165, 1.54) is 12.3 Å². The molecule has 94 valence electrons. The van der Waals surface area contributed by atoms with Crippen LogP contribution in [0.25, 0.3) is 11.3 Å². The highest BCUT2D eigenvalue weighted by Crippen LogP contribution is 2.25. The Balaban J connectivity index is 2.55. The van der Waals surface area contributed by atoms with E-state index in [1.54, 1.807) is 12.3 Å². The number of aromatic nitrogens is 3. The van der Waals surface area contributed by atoms with Crippen molar-refractivity contribution in [2.75, 3.05) is 0 Å². The second-order valence-corrected chi connectivity index (χ2v) is 5.85. The monoisotopic (exact) mass is 309 g/mol. The van der Waals surface area contributed by atoms with Crippen LogP contribution in [0.15, 0.2) is 29.1 Å². The molecule has 0 aliphatic carbocycles. The maximum atomic E-state index is 13.2. The fraction of sp³-hybridized carbons (Fsp3) is 0.308. The largest absolute Gasteiger partial charge is 0.261 e. The van der Waals surface area contributed by atoms with Crippen molar-refractivity contribution in [3.63, 3.8) is 0 Å². The molecular formula is C13H13BrFN3. The zero-order valence-electron chi connectivity index (χ0n) is 10.4. The summed E-state index contributed by atoms with van der Waals surface area (Å²) in [6, 6.07) is 3.17. The van der Waals surface area contributed by atoms with Crippen molar-refractivity contribution in [3.05, 3.63) is 40.8 Å². The van der Waals surface area contributed by atoms with Gasteiger partial charge in [0.2, 0.25) is 0 Å². The second kappa shape index (κ2) is 4.72. The Kier molecular flexibility index (Phi) is 3.43. The summed E-state index contributed by atoms with van der Waals surface area (Å²) in [6.07, 6.45) is 2.76. The molecule has 0 spiro atoms. The maximum Gasteiger partial charge on any atom is 0.142 e. The van der Waals surface area contributed by atoms with Gasteiger partial charge in [0.1, 0.15) is 16.2 Å². The fourth-order valence-electron chi connectivity index (χ4n) is 1.45. The molecule has 0 aliphatic heterocycles. The lowest BCUT2D eigenvalue weighted by atomic mass is 9.95. The molecule has 2 aromatic rings. The number of pyridine rings is 1. The first kappa shape index (κ1) is 13.1. The van der Waals surface area contributed by atoms with Gasteiger partial charge in [-0.1, -0.05) is 20.8 Å². The maximum absolute atomic E-state index is 13.2. The van der Waals surface area contributed by atoms with Crippen molar-refractivity contribution in [3.8, 4) is 11.3 Å². The van der Waals surface area contributed by atoms with Crippen molar-refractivity contribution in [1.82, 2.24) is 15.0 Å². The van der Waals surface area contributed by atoms with Crippen LogP contribution >= 0.6 is 15.9 Å². The SMILES string of the molecule is CC(C)(C)c1nc(Br)cc(-c2cncc(F)c2)n1. The van der Waals surface area contributed by atoms with Gasteiger partial charge < -0.3 is 0 Å². The number of rotatable bonds is 1. The summed E-state index contributed by atoms with van der Waals surface area (Å²) >= 11 is 3.36. The van der Waals surface area contributed by atoms with E-state index in [9.17, 15) is 4.39 Å². The van der Waals surface area contributed by atoms with E-state index < -0.39 is 0 Å². The first-order valence-electron chi connectivity index (χ1n) is 5.52. The highest BCUT2D eigenvalue weighted by Gasteiger charge is 2.19. The third kappa shape index (κ3) is 2.90. The molecular weight excluding hydrogens is 297 g/mol. The van der Waals surface area contributed by atoms with Gasteiger partial charge in [-0.05, 0) is 28.1 Å². The number of hydrogen-bond acceptors (Lipinski definition) is 3. The lowest BCUT2D eigenvalue weighted by molar-refractivity contribution is 0.544. The van der Waals surface area contributed by atoms with Gasteiger partial charge in [-0.15, -0.1) is 0 Å². The minimum atomic E-state index is -0.375. The fourth-order valence-corrected chi connectivity index (χ4v) is 1.84. The molecule has 2 aromatic heterocycles. The van der Waals surface area contributed by atoms with Crippen LogP contribution in [0.1, 0.15) is 26.6 Å². The molecule has 5 heteroatoms. The third-order valence-electron chi connectivity index (χ3n) is 2.37. The summed E-state index contributed by atoms with van der Waals surface area (Å²) in [5.41, 5.74) is 1.14. The molecule has 0 aliphatic rings. The molecule has 2 rings (SSSR count). The zero-order valence-corrected chi connectivity index (χ0v) is 12.0. The van der Waals surface area contributed by atoms with Crippen LogP contribution in [0.5, 0.6) is 0 Å². The van der Waals surface area contributed by atoms with Crippen LogP contribution in [0.3, 0.4) is 0 Å². The topological polar surface area (TPSA) is 38.7 Å². The molecule has 0 bridgehead atoms. The molecule has 2 heterocycles. The second-order valence-electron chi connectivity index (χ2n) is 5.04. The van der Waals surface area contributed by atoms with Crippen molar-refractivity contribution in [2.45, 2.75) is 26.2 Å². The number of halogens is 2. The molecule has 0 fully saturated rings. The Hall–Kier alpha value is -1.36. The Bertz CT molecular complexity index is 579. The summed E-state index contributed by atoms with van der Waals surface area (Å²) in [7, 11) is 0. The van der Waals surface area contributed by atoms with E-state index in [0.717, 1.165) is 0 Å². The quantitative estimate of drug-likeness (QED) is 0.753. The van der Waals surface area contributed by atoms with E-state index >= 15 is 0 Å². The van der Waals surface area contributed by atoms with Crippen molar-refractivity contribution >= 4 is 15.9 Å². The van der Waals surface area contributed by atoms with Gasteiger partial charge in [0.25, 0.3) is 0 Å². The summed E-state index contributed by atoms with van der Waals surface area (Å²) in [5, 5.41) is 0. The van der Waals surface area contributed by atoms with Gasteiger partial charge in [-0.25, -0.2) is 14.4 Å². The molecule has 0 aromatic carbocycles. The van der Waals surface area contributed by atoms with Gasteiger partial charge >= 0.3 is 0 Å². The van der Waals surface area contributed by atoms with Crippen LogP contribution in [0, 0.1) is 5.82 Å². The van der Waals surface area contributed by atoms with Crippen LogP contribution in [0.2, 0.25) is 0 Å². The summed E-state index contributed by atoms with van der Waals surface area (Å²) in [4.78, 5) is 12.6. The molecule has 0 amide bonds. The van der Waals surface area contributed by atoms with E-state index in [4.69, 9.17) is 0 Å². The van der Waals surface area contributed by atoms with E-state index in [1.807, 2.05) is 20.8 Å². The van der Waals surface area contributed by atoms with Gasteiger partial charge in [0, 0.05) is 17.2 Å². The molecule has 0 N–H and O–H groups in total. The van der Waals surface area contributed by atoms with Crippen molar-refractivity contribution in [2.24, 2.45) is 0 Å². The molecule has 0 radical (unpaired) electrons. The lowest BCUT2D eigenvalue weighted by Crippen LogP contribution is -2.16. The van der Waals surface area contributed by atoms with E-state index in [0.29, 0.717) is 21.7 Å². The first-order valence-corrected chi connectivity index (χ1v) is 6.31.